The van der Waals surface area contributed by atoms with Crippen molar-refractivity contribution in [3.05, 3.63) is 39.9 Å². The van der Waals surface area contributed by atoms with E-state index in [1.54, 1.807) is 0 Å². The second-order valence-corrected chi connectivity index (χ2v) is 5.31. The van der Waals surface area contributed by atoms with E-state index in [1.807, 2.05) is 4.90 Å². The summed E-state index contributed by atoms with van der Waals surface area (Å²) in [4.78, 5) is 23.6. The van der Waals surface area contributed by atoms with Crippen LogP contribution in [-0.2, 0) is 4.79 Å². The molecule has 0 aliphatic carbocycles. The first-order valence-corrected chi connectivity index (χ1v) is 6.70. The van der Waals surface area contributed by atoms with Crippen LogP contribution in [0.2, 0.25) is 0 Å². The van der Waals surface area contributed by atoms with Crippen LogP contribution in [0, 0.1) is 16.0 Å². The van der Waals surface area contributed by atoms with Crippen LogP contribution in [0.25, 0.3) is 0 Å². The van der Waals surface area contributed by atoms with Crippen LogP contribution in [0.5, 0.6) is 0 Å². The zero-order valence-corrected chi connectivity index (χ0v) is 11.4. The standard InChI is InChI=1S/C14H18N2O4/c1-10-6-8-15(9-7-10)13(14(17)18)11-2-4-12(5-3-11)16(19)20/h2-5,10,13H,6-9H2,1H3,(H,17,18). The quantitative estimate of drug-likeness (QED) is 0.675. The molecule has 0 spiro atoms. The maximum atomic E-state index is 11.5. The molecule has 0 amide bonds. The van der Waals surface area contributed by atoms with Crippen molar-refractivity contribution in [3.8, 4) is 0 Å². The second kappa shape index (κ2) is 6.00. The van der Waals surface area contributed by atoms with Gasteiger partial charge in [-0.05, 0) is 37.4 Å². The highest BCUT2D eigenvalue weighted by molar-refractivity contribution is 5.75. The summed E-state index contributed by atoms with van der Waals surface area (Å²) in [6, 6.07) is 5.07. The Morgan fingerprint density at radius 2 is 1.90 bits per heavy atom. The highest BCUT2D eigenvalue weighted by atomic mass is 16.6. The number of carbonyl (C=O) groups is 1. The number of piperidine rings is 1. The van der Waals surface area contributed by atoms with Crippen LogP contribution in [0.3, 0.4) is 0 Å². The molecule has 0 aromatic heterocycles. The first kappa shape index (κ1) is 14.5. The summed E-state index contributed by atoms with van der Waals surface area (Å²) in [6.07, 6.45) is 1.97. The third kappa shape index (κ3) is 3.14. The number of nitro benzene ring substituents is 1. The molecule has 0 radical (unpaired) electrons. The Morgan fingerprint density at radius 3 is 2.35 bits per heavy atom. The number of hydrogen-bond donors (Lipinski definition) is 1. The average molecular weight is 278 g/mol. The van der Waals surface area contributed by atoms with Gasteiger partial charge >= 0.3 is 5.97 Å². The van der Waals surface area contributed by atoms with Gasteiger partial charge in [-0.2, -0.15) is 0 Å². The molecule has 6 heteroatoms. The van der Waals surface area contributed by atoms with Gasteiger partial charge in [0.25, 0.3) is 5.69 Å². The van der Waals surface area contributed by atoms with Crippen LogP contribution in [-0.4, -0.2) is 34.0 Å². The number of nitrogens with zero attached hydrogens (tertiary/aromatic N) is 2. The van der Waals surface area contributed by atoms with Gasteiger partial charge in [-0.15, -0.1) is 0 Å². The molecule has 1 fully saturated rings. The van der Waals surface area contributed by atoms with E-state index in [0.717, 1.165) is 25.9 Å². The highest BCUT2D eigenvalue weighted by Gasteiger charge is 2.30. The lowest BCUT2D eigenvalue weighted by Gasteiger charge is -2.34. The Kier molecular flexibility index (Phi) is 4.34. The zero-order valence-electron chi connectivity index (χ0n) is 11.4. The Labute approximate surface area is 117 Å². The second-order valence-electron chi connectivity index (χ2n) is 5.31. The van der Waals surface area contributed by atoms with Gasteiger partial charge in [-0.1, -0.05) is 19.1 Å². The van der Waals surface area contributed by atoms with E-state index in [4.69, 9.17) is 0 Å². The Morgan fingerprint density at radius 1 is 1.35 bits per heavy atom. The first-order valence-electron chi connectivity index (χ1n) is 6.70. The van der Waals surface area contributed by atoms with Crippen molar-refractivity contribution in [3.63, 3.8) is 0 Å². The Balaban J connectivity index is 2.20. The smallest absolute Gasteiger partial charge is 0.325 e. The van der Waals surface area contributed by atoms with Gasteiger partial charge in [-0.25, -0.2) is 0 Å². The van der Waals surface area contributed by atoms with Crippen molar-refractivity contribution in [2.45, 2.75) is 25.8 Å². The molecule has 6 nitrogen and oxygen atoms in total. The molecule has 1 aliphatic heterocycles. The van der Waals surface area contributed by atoms with Crippen LogP contribution >= 0.6 is 0 Å². The molecule has 2 rings (SSSR count). The molecule has 1 aromatic rings. The van der Waals surface area contributed by atoms with Crippen molar-refractivity contribution in [2.75, 3.05) is 13.1 Å². The number of carboxylic acid groups (broad SMARTS) is 1. The summed E-state index contributed by atoms with van der Waals surface area (Å²) in [5.41, 5.74) is 0.572. The molecule has 1 aromatic carbocycles. The largest absolute Gasteiger partial charge is 0.480 e. The predicted molar refractivity (Wildman–Crippen MR) is 73.4 cm³/mol. The fourth-order valence-corrected chi connectivity index (χ4v) is 2.57. The average Bonchev–Trinajstić information content (AvgIpc) is 2.41. The highest BCUT2D eigenvalue weighted by Crippen LogP contribution is 2.28. The zero-order chi connectivity index (χ0) is 14.7. The predicted octanol–water partition coefficient (Wildman–Crippen LogP) is 2.45. The molecule has 0 saturated carbocycles. The number of nitro groups is 1. The number of non-ortho nitro benzene ring substituents is 1. The maximum Gasteiger partial charge on any atom is 0.325 e. The lowest BCUT2D eigenvalue weighted by molar-refractivity contribution is -0.384. The molecule has 1 aliphatic rings. The van der Waals surface area contributed by atoms with E-state index < -0.39 is 16.9 Å². The minimum absolute atomic E-state index is 0.0230. The molecule has 20 heavy (non-hydrogen) atoms. The summed E-state index contributed by atoms with van der Waals surface area (Å²) >= 11 is 0. The van der Waals surface area contributed by atoms with Gasteiger partial charge in [0.15, 0.2) is 0 Å². The molecule has 1 atom stereocenters. The van der Waals surface area contributed by atoms with E-state index >= 15 is 0 Å². The van der Waals surface area contributed by atoms with Gasteiger partial charge in [0.1, 0.15) is 6.04 Å². The molecular weight excluding hydrogens is 260 g/mol. The number of carboxylic acids is 1. The van der Waals surface area contributed by atoms with Crippen molar-refractivity contribution in [1.29, 1.82) is 0 Å². The SMILES string of the molecule is CC1CCN(C(C(=O)O)c2ccc([N+](=O)[O-])cc2)CC1. The Bertz CT molecular complexity index is 492. The maximum absolute atomic E-state index is 11.5. The van der Waals surface area contributed by atoms with E-state index in [9.17, 15) is 20.0 Å². The molecular formula is C14H18N2O4. The number of aliphatic carboxylic acids is 1. The van der Waals surface area contributed by atoms with Crippen molar-refractivity contribution >= 4 is 11.7 Å². The number of benzene rings is 1. The van der Waals surface area contributed by atoms with Crippen LogP contribution in [0.4, 0.5) is 5.69 Å². The molecule has 1 saturated heterocycles. The van der Waals surface area contributed by atoms with E-state index in [0.29, 0.717) is 11.5 Å². The summed E-state index contributed by atoms with van der Waals surface area (Å²) in [5, 5.41) is 20.1. The van der Waals surface area contributed by atoms with Crippen LogP contribution < -0.4 is 0 Å². The van der Waals surface area contributed by atoms with E-state index in [1.165, 1.54) is 24.3 Å². The normalized spacial score (nSPS) is 18.6. The van der Waals surface area contributed by atoms with Gasteiger partial charge in [-0.3, -0.25) is 19.8 Å². The molecule has 108 valence electrons. The van der Waals surface area contributed by atoms with Gasteiger partial charge in [0, 0.05) is 12.1 Å². The Hall–Kier alpha value is -1.95. The van der Waals surface area contributed by atoms with E-state index in [2.05, 4.69) is 6.92 Å². The minimum Gasteiger partial charge on any atom is -0.480 e. The lowest BCUT2D eigenvalue weighted by atomic mass is 9.96. The van der Waals surface area contributed by atoms with Crippen molar-refractivity contribution in [2.24, 2.45) is 5.92 Å². The van der Waals surface area contributed by atoms with Gasteiger partial charge in [0.2, 0.25) is 0 Å². The van der Waals surface area contributed by atoms with Crippen LogP contribution in [0.15, 0.2) is 24.3 Å². The minimum atomic E-state index is -0.909. The molecule has 1 N–H and O–H groups in total. The third-order valence-corrected chi connectivity index (χ3v) is 3.84. The van der Waals surface area contributed by atoms with Crippen LogP contribution in [0.1, 0.15) is 31.4 Å². The topological polar surface area (TPSA) is 83.7 Å². The number of likely N-dealkylation sites (tertiary alicyclic amines) is 1. The summed E-state index contributed by atoms with van der Waals surface area (Å²) in [5.74, 6) is -0.286. The number of hydrogen-bond acceptors (Lipinski definition) is 4. The fraction of sp³-hybridized carbons (Fsp3) is 0.500. The molecule has 1 heterocycles. The third-order valence-electron chi connectivity index (χ3n) is 3.84. The summed E-state index contributed by atoms with van der Waals surface area (Å²) in [6.45, 7) is 3.66. The lowest BCUT2D eigenvalue weighted by Crippen LogP contribution is -2.39. The molecule has 1 unspecified atom stereocenters. The van der Waals surface area contributed by atoms with Crippen molar-refractivity contribution in [1.82, 2.24) is 4.90 Å². The molecule has 0 bridgehead atoms. The summed E-state index contributed by atoms with van der Waals surface area (Å²) < 4.78 is 0. The van der Waals surface area contributed by atoms with Gasteiger partial charge in [0.05, 0.1) is 4.92 Å². The fourth-order valence-electron chi connectivity index (χ4n) is 2.57. The first-order chi connectivity index (χ1) is 9.49. The van der Waals surface area contributed by atoms with E-state index in [-0.39, 0.29) is 5.69 Å². The monoisotopic (exact) mass is 278 g/mol. The summed E-state index contributed by atoms with van der Waals surface area (Å²) in [7, 11) is 0. The van der Waals surface area contributed by atoms with Gasteiger partial charge < -0.3 is 5.11 Å². The van der Waals surface area contributed by atoms with Crippen molar-refractivity contribution < 1.29 is 14.8 Å². The number of rotatable bonds is 4.